The molecule has 120 valence electrons. The molecule has 0 atom stereocenters. The molecule has 1 N–H and O–H groups in total. The fourth-order valence-corrected chi connectivity index (χ4v) is 3.65. The van der Waals surface area contributed by atoms with Crippen LogP contribution in [0.1, 0.15) is 67.2 Å². The summed E-state index contributed by atoms with van der Waals surface area (Å²) in [4.78, 5) is 2.74. The molecule has 0 aliphatic heterocycles. The SMILES string of the molecule is CC(C)CN(CC(C)C)CC1(CNC(C)C)CCCC1. The molecule has 0 unspecified atom stereocenters. The first-order valence-corrected chi connectivity index (χ1v) is 8.79. The van der Waals surface area contributed by atoms with Crippen molar-refractivity contribution in [2.24, 2.45) is 17.3 Å². The minimum Gasteiger partial charge on any atom is -0.314 e. The van der Waals surface area contributed by atoms with Crippen LogP contribution in [-0.4, -0.2) is 37.1 Å². The van der Waals surface area contributed by atoms with Crippen LogP contribution < -0.4 is 5.32 Å². The highest BCUT2D eigenvalue weighted by Crippen LogP contribution is 2.38. The minimum atomic E-state index is 0.536. The molecule has 1 fully saturated rings. The van der Waals surface area contributed by atoms with E-state index in [1.54, 1.807) is 0 Å². The van der Waals surface area contributed by atoms with Gasteiger partial charge in [-0.05, 0) is 30.1 Å². The summed E-state index contributed by atoms with van der Waals surface area (Å²) in [6.45, 7) is 18.9. The van der Waals surface area contributed by atoms with Gasteiger partial charge in [-0.15, -0.1) is 0 Å². The van der Waals surface area contributed by atoms with Crippen molar-refractivity contribution >= 4 is 0 Å². The number of hydrogen-bond acceptors (Lipinski definition) is 2. The lowest BCUT2D eigenvalue weighted by Gasteiger charge is -2.38. The topological polar surface area (TPSA) is 15.3 Å². The molecule has 0 bridgehead atoms. The maximum absolute atomic E-state index is 3.71. The highest BCUT2D eigenvalue weighted by atomic mass is 15.1. The van der Waals surface area contributed by atoms with E-state index in [2.05, 4.69) is 51.8 Å². The van der Waals surface area contributed by atoms with E-state index in [-0.39, 0.29) is 0 Å². The first-order valence-electron chi connectivity index (χ1n) is 8.79. The van der Waals surface area contributed by atoms with E-state index < -0.39 is 0 Å². The third-order valence-corrected chi connectivity index (χ3v) is 4.36. The van der Waals surface area contributed by atoms with Gasteiger partial charge in [-0.2, -0.15) is 0 Å². The van der Waals surface area contributed by atoms with Crippen LogP contribution in [0.4, 0.5) is 0 Å². The fraction of sp³-hybridized carbons (Fsp3) is 1.00. The second-order valence-electron chi connectivity index (χ2n) is 8.22. The van der Waals surface area contributed by atoms with E-state index in [1.807, 2.05) is 0 Å². The van der Waals surface area contributed by atoms with Gasteiger partial charge >= 0.3 is 0 Å². The first kappa shape index (κ1) is 18.0. The van der Waals surface area contributed by atoms with Crippen molar-refractivity contribution in [3.63, 3.8) is 0 Å². The Morgan fingerprint density at radius 2 is 1.40 bits per heavy atom. The number of nitrogens with zero attached hydrogens (tertiary/aromatic N) is 1. The van der Waals surface area contributed by atoms with Gasteiger partial charge in [-0.1, -0.05) is 54.4 Å². The predicted molar refractivity (Wildman–Crippen MR) is 90.2 cm³/mol. The van der Waals surface area contributed by atoms with Crippen LogP contribution >= 0.6 is 0 Å². The van der Waals surface area contributed by atoms with Crippen LogP contribution in [-0.2, 0) is 0 Å². The second-order valence-corrected chi connectivity index (χ2v) is 8.22. The average molecular weight is 283 g/mol. The smallest absolute Gasteiger partial charge is 0.00504 e. The van der Waals surface area contributed by atoms with E-state index in [9.17, 15) is 0 Å². The molecule has 1 saturated carbocycles. The monoisotopic (exact) mass is 282 g/mol. The van der Waals surface area contributed by atoms with E-state index >= 15 is 0 Å². The average Bonchev–Trinajstić information content (AvgIpc) is 2.73. The molecule has 0 aromatic carbocycles. The summed E-state index contributed by atoms with van der Waals surface area (Å²) in [5.74, 6) is 1.54. The van der Waals surface area contributed by atoms with Gasteiger partial charge < -0.3 is 10.2 Å². The van der Waals surface area contributed by atoms with E-state index in [4.69, 9.17) is 0 Å². The summed E-state index contributed by atoms with van der Waals surface area (Å²) in [7, 11) is 0. The quantitative estimate of drug-likeness (QED) is 0.683. The van der Waals surface area contributed by atoms with E-state index in [1.165, 1.54) is 51.9 Å². The molecule has 1 aliphatic carbocycles. The van der Waals surface area contributed by atoms with Gasteiger partial charge in [0.25, 0.3) is 0 Å². The Bertz CT molecular complexity index is 242. The molecule has 2 heteroatoms. The third kappa shape index (κ3) is 6.58. The van der Waals surface area contributed by atoms with Crippen LogP contribution in [0, 0.1) is 17.3 Å². The lowest BCUT2D eigenvalue weighted by Crippen LogP contribution is -2.46. The van der Waals surface area contributed by atoms with Crippen LogP contribution in [0.15, 0.2) is 0 Å². The summed E-state index contributed by atoms with van der Waals surface area (Å²) in [6, 6.07) is 0.608. The molecule has 2 nitrogen and oxygen atoms in total. The van der Waals surface area contributed by atoms with Crippen LogP contribution in [0.25, 0.3) is 0 Å². The molecular formula is C18H38N2. The van der Waals surface area contributed by atoms with Crippen molar-refractivity contribution in [1.82, 2.24) is 10.2 Å². The van der Waals surface area contributed by atoms with Crippen LogP contribution in [0.5, 0.6) is 0 Å². The minimum absolute atomic E-state index is 0.536. The lowest BCUT2D eigenvalue weighted by atomic mass is 9.84. The van der Waals surface area contributed by atoms with Gasteiger partial charge in [-0.3, -0.25) is 0 Å². The maximum atomic E-state index is 3.71. The molecule has 0 spiro atoms. The Hall–Kier alpha value is -0.0800. The molecule has 0 aromatic heterocycles. The van der Waals surface area contributed by atoms with Gasteiger partial charge in [-0.25, -0.2) is 0 Å². The van der Waals surface area contributed by atoms with Gasteiger partial charge in [0.05, 0.1) is 0 Å². The molecule has 1 aliphatic rings. The zero-order chi connectivity index (χ0) is 15.2. The molecule has 0 aromatic rings. The molecule has 0 radical (unpaired) electrons. The summed E-state index contributed by atoms with van der Waals surface area (Å²) in [5.41, 5.74) is 0.536. The third-order valence-electron chi connectivity index (χ3n) is 4.36. The Kier molecular flexibility index (Phi) is 7.53. The highest BCUT2D eigenvalue weighted by Gasteiger charge is 2.35. The van der Waals surface area contributed by atoms with Crippen molar-refractivity contribution in [2.45, 2.75) is 73.3 Å². The molecule has 0 amide bonds. The predicted octanol–water partition coefficient (Wildman–Crippen LogP) is 4.16. The number of nitrogens with one attached hydrogen (secondary N) is 1. The van der Waals surface area contributed by atoms with Crippen molar-refractivity contribution in [3.8, 4) is 0 Å². The molecule has 0 saturated heterocycles. The van der Waals surface area contributed by atoms with Crippen molar-refractivity contribution in [3.05, 3.63) is 0 Å². The summed E-state index contributed by atoms with van der Waals surface area (Å²) < 4.78 is 0. The Labute approximate surface area is 127 Å². The first-order chi connectivity index (χ1) is 9.33. The zero-order valence-electron chi connectivity index (χ0n) is 14.8. The summed E-state index contributed by atoms with van der Waals surface area (Å²) in [6.07, 6.45) is 5.69. The Morgan fingerprint density at radius 3 is 1.80 bits per heavy atom. The highest BCUT2D eigenvalue weighted by molar-refractivity contribution is 4.90. The Morgan fingerprint density at radius 1 is 0.900 bits per heavy atom. The molecule has 20 heavy (non-hydrogen) atoms. The van der Waals surface area contributed by atoms with Gasteiger partial charge in [0, 0.05) is 32.2 Å². The van der Waals surface area contributed by atoms with E-state index in [0.717, 1.165) is 11.8 Å². The molecular weight excluding hydrogens is 244 g/mol. The summed E-state index contributed by atoms with van der Waals surface area (Å²) >= 11 is 0. The van der Waals surface area contributed by atoms with Crippen molar-refractivity contribution < 1.29 is 0 Å². The standard InChI is InChI=1S/C18H38N2/c1-15(2)11-20(12-16(3)4)14-18(9-7-8-10-18)13-19-17(5)6/h15-17,19H,7-14H2,1-6H3. The van der Waals surface area contributed by atoms with Crippen LogP contribution in [0.3, 0.4) is 0 Å². The van der Waals surface area contributed by atoms with Crippen molar-refractivity contribution in [2.75, 3.05) is 26.2 Å². The number of rotatable bonds is 9. The van der Waals surface area contributed by atoms with Gasteiger partial charge in [0.1, 0.15) is 0 Å². The fourth-order valence-electron chi connectivity index (χ4n) is 3.65. The normalized spacial score (nSPS) is 18.9. The second kappa shape index (κ2) is 8.38. The zero-order valence-corrected chi connectivity index (χ0v) is 14.8. The molecule has 0 heterocycles. The van der Waals surface area contributed by atoms with E-state index in [0.29, 0.717) is 11.5 Å². The Balaban J connectivity index is 2.63. The van der Waals surface area contributed by atoms with Crippen LogP contribution in [0.2, 0.25) is 0 Å². The number of hydrogen-bond donors (Lipinski definition) is 1. The summed E-state index contributed by atoms with van der Waals surface area (Å²) in [5, 5.41) is 3.71. The van der Waals surface area contributed by atoms with Crippen molar-refractivity contribution in [1.29, 1.82) is 0 Å². The lowest BCUT2D eigenvalue weighted by molar-refractivity contribution is 0.123. The van der Waals surface area contributed by atoms with Gasteiger partial charge in [0.2, 0.25) is 0 Å². The maximum Gasteiger partial charge on any atom is 0.00504 e. The largest absolute Gasteiger partial charge is 0.314 e. The molecule has 1 rings (SSSR count). The van der Waals surface area contributed by atoms with Gasteiger partial charge in [0.15, 0.2) is 0 Å².